The Kier molecular flexibility index (Phi) is 6.43. The van der Waals surface area contributed by atoms with Crippen molar-refractivity contribution in [2.24, 2.45) is 0 Å². The Morgan fingerprint density at radius 3 is 2.78 bits per heavy atom. The molecular formula is C16H21ClN4O2. The fourth-order valence-electron chi connectivity index (χ4n) is 2.08. The van der Waals surface area contributed by atoms with E-state index in [1.54, 1.807) is 14.2 Å². The first-order valence-electron chi connectivity index (χ1n) is 7.29. The zero-order valence-electron chi connectivity index (χ0n) is 13.5. The van der Waals surface area contributed by atoms with Crippen LogP contribution in [0.1, 0.15) is 11.1 Å². The molecule has 0 atom stereocenters. The van der Waals surface area contributed by atoms with Gasteiger partial charge in [-0.25, -0.2) is 9.97 Å². The average Bonchev–Trinajstić information content (AvgIpc) is 2.54. The van der Waals surface area contributed by atoms with Crippen molar-refractivity contribution in [3.05, 3.63) is 40.8 Å². The summed E-state index contributed by atoms with van der Waals surface area (Å²) in [4.78, 5) is 8.18. The van der Waals surface area contributed by atoms with Crippen molar-refractivity contribution in [3.8, 4) is 5.75 Å². The third-order valence-corrected chi connectivity index (χ3v) is 3.55. The van der Waals surface area contributed by atoms with Gasteiger partial charge in [0, 0.05) is 26.3 Å². The van der Waals surface area contributed by atoms with Crippen molar-refractivity contribution in [1.29, 1.82) is 0 Å². The number of hydrogen-bond acceptors (Lipinski definition) is 6. The normalized spacial score (nSPS) is 10.4. The predicted octanol–water partition coefficient (Wildman–Crippen LogP) is 3.12. The summed E-state index contributed by atoms with van der Waals surface area (Å²) in [6.07, 6.45) is 1.43. The molecule has 7 heteroatoms. The van der Waals surface area contributed by atoms with E-state index in [1.807, 2.05) is 25.1 Å². The molecule has 0 aliphatic carbocycles. The molecule has 0 fully saturated rings. The van der Waals surface area contributed by atoms with Gasteiger partial charge in [-0.2, -0.15) is 0 Å². The van der Waals surface area contributed by atoms with Gasteiger partial charge in [0.1, 0.15) is 24.4 Å². The molecule has 0 saturated heterocycles. The number of rotatable bonds is 8. The number of hydrogen-bond donors (Lipinski definition) is 2. The first-order chi connectivity index (χ1) is 11.2. The van der Waals surface area contributed by atoms with Gasteiger partial charge in [0.25, 0.3) is 0 Å². The zero-order valence-corrected chi connectivity index (χ0v) is 14.3. The monoisotopic (exact) mass is 336 g/mol. The van der Waals surface area contributed by atoms with Gasteiger partial charge in [0.05, 0.1) is 6.61 Å². The van der Waals surface area contributed by atoms with E-state index in [0.29, 0.717) is 36.4 Å². The molecule has 2 N–H and O–H groups in total. The summed E-state index contributed by atoms with van der Waals surface area (Å²) >= 11 is 6.06. The van der Waals surface area contributed by atoms with E-state index in [9.17, 15) is 0 Å². The molecule has 1 aromatic heterocycles. The summed E-state index contributed by atoms with van der Waals surface area (Å²) in [6.45, 7) is 3.65. The number of ether oxygens (including phenoxy) is 2. The topological polar surface area (TPSA) is 68.3 Å². The van der Waals surface area contributed by atoms with Crippen molar-refractivity contribution in [2.45, 2.75) is 13.5 Å². The van der Waals surface area contributed by atoms with Crippen molar-refractivity contribution >= 4 is 23.1 Å². The molecule has 0 aliphatic heterocycles. The number of halogens is 1. The van der Waals surface area contributed by atoms with Gasteiger partial charge in [-0.05, 0) is 18.6 Å². The maximum Gasteiger partial charge on any atom is 0.157 e. The van der Waals surface area contributed by atoms with Gasteiger partial charge in [-0.1, -0.05) is 23.7 Å². The maximum atomic E-state index is 6.06. The van der Waals surface area contributed by atoms with E-state index in [4.69, 9.17) is 21.1 Å². The Labute approximate surface area is 141 Å². The number of nitrogens with one attached hydrogen (secondary N) is 2. The van der Waals surface area contributed by atoms with Crippen LogP contribution < -0.4 is 15.4 Å². The van der Waals surface area contributed by atoms with Gasteiger partial charge in [0.15, 0.2) is 11.0 Å². The Hall–Kier alpha value is -2.05. The fraction of sp³-hybridized carbons (Fsp3) is 0.375. The van der Waals surface area contributed by atoms with Gasteiger partial charge >= 0.3 is 0 Å². The molecule has 1 aromatic carbocycles. The summed E-state index contributed by atoms with van der Waals surface area (Å²) in [6, 6.07) is 6.09. The van der Waals surface area contributed by atoms with Crippen LogP contribution in [0.5, 0.6) is 5.75 Å². The lowest BCUT2D eigenvalue weighted by Gasteiger charge is -2.15. The zero-order chi connectivity index (χ0) is 16.7. The van der Waals surface area contributed by atoms with E-state index in [1.165, 1.54) is 6.33 Å². The maximum absolute atomic E-state index is 6.06. The summed E-state index contributed by atoms with van der Waals surface area (Å²) in [7, 11) is 3.43. The molecule has 0 aliphatic rings. The molecule has 6 nitrogen and oxygen atoms in total. The quantitative estimate of drug-likeness (QED) is 0.570. The number of aromatic nitrogens is 2. The van der Waals surface area contributed by atoms with Crippen LogP contribution in [-0.4, -0.2) is 37.3 Å². The smallest absolute Gasteiger partial charge is 0.157 e. The predicted molar refractivity (Wildman–Crippen MR) is 92.5 cm³/mol. The third kappa shape index (κ3) is 4.71. The van der Waals surface area contributed by atoms with Crippen LogP contribution in [0.15, 0.2) is 24.5 Å². The lowest BCUT2D eigenvalue weighted by molar-refractivity contribution is 0.146. The highest BCUT2D eigenvalue weighted by Crippen LogP contribution is 2.27. The minimum atomic E-state index is 0.380. The van der Waals surface area contributed by atoms with E-state index >= 15 is 0 Å². The highest BCUT2D eigenvalue weighted by molar-refractivity contribution is 6.32. The number of nitrogens with zero attached hydrogens (tertiary/aromatic N) is 2. The average molecular weight is 337 g/mol. The summed E-state index contributed by atoms with van der Waals surface area (Å²) < 4.78 is 10.8. The van der Waals surface area contributed by atoms with Crippen LogP contribution in [0.2, 0.25) is 5.15 Å². The number of methoxy groups -OCH3 is 1. The van der Waals surface area contributed by atoms with Crippen LogP contribution in [-0.2, 0) is 11.3 Å². The number of benzene rings is 1. The van der Waals surface area contributed by atoms with E-state index in [-0.39, 0.29) is 0 Å². The number of aryl methyl sites for hydroxylation is 1. The number of anilines is 2. The minimum absolute atomic E-state index is 0.380. The second kappa shape index (κ2) is 8.55. The highest BCUT2D eigenvalue weighted by atomic mass is 35.5. The van der Waals surface area contributed by atoms with Crippen molar-refractivity contribution in [3.63, 3.8) is 0 Å². The van der Waals surface area contributed by atoms with E-state index in [2.05, 4.69) is 20.6 Å². The van der Waals surface area contributed by atoms with Crippen LogP contribution >= 0.6 is 11.6 Å². The molecule has 2 aromatic rings. The fourth-order valence-corrected chi connectivity index (χ4v) is 2.30. The molecule has 0 radical (unpaired) electrons. The Morgan fingerprint density at radius 2 is 2.04 bits per heavy atom. The molecule has 0 saturated carbocycles. The summed E-state index contributed by atoms with van der Waals surface area (Å²) in [5, 5.41) is 6.64. The van der Waals surface area contributed by atoms with Crippen LogP contribution in [0, 0.1) is 6.92 Å². The van der Waals surface area contributed by atoms with Crippen LogP contribution in [0.25, 0.3) is 0 Å². The second-order valence-corrected chi connectivity index (χ2v) is 5.30. The second-order valence-electron chi connectivity index (χ2n) is 4.94. The molecule has 2 rings (SSSR count). The molecule has 0 amide bonds. The first kappa shape index (κ1) is 17.3. The van der Waals surface area contributed by atoms with Crippen molar-refractivity contribution < 1.29 is 9.47 Å². The lowest BCUT2D eigenvalue weighted by Crippen LogP contribution is -2.09. The Morgan fingerprint density at radius 1 is 1.22 bits per heavy atom. The molecule has 0 bridgehead atoms. The molecule has 1 heterocycles. The SMILES string of the molecule is CNc1c(Cl)ncnc1NCc1ccc(C)cc1OCCOC. The van der Waals surface area contributed by atoms with Crippen LogP contribution in [0.3, 0.4) is 0 Å². The van der Waals surface area contributed by atoms with Gasteiger partial charge in [0.2, 0.25) is 0 Å². The third-order valence-electron chi connectivity index (χ3n) is 3.26. The van der Waals surface area contributed by atoms with Crippen LogP contribution in [0.4, 0.5) is 11.5 Å². The van der Waals surface area contributed by atoms with Gasteiger partial charge in [-0.15, -0.1) is 0 Å². The highest BCUT2D eigenvalue weighted by Gasteiger charge is 2.10. The van der Waals surface area contributed by atoms with Gasteiger partial charge in [-0.3, -0.25) is 0 Å². The largest absolute Gasteiger partial charge is 0.491 e. The van der Waals surface area contributed by atoms with E-state index < -0.39 is 0 Å². The molecule has 0 spiro atoms. The summed E-state index contributed by atoms with van der Waals surface area (Å²) in [5.41, 5.74) is 2.84. The standard InChI is InChI=1S/C16H21ClN4O2/c1-11-4-5-12(13(8-11)23-7-6-22-3)9-19-16-14(18-2)15(17)20-10-21-16/h4-5,8,10,18H,6-7,9H2,1-3H3,(H,19,20,21). The molecular weight excluding hydrogens is 316 g/mol. The molecule has 124 valence electrons. The first-order valence-corrected chi connectivity index (χ1v) is 7.67. The Balaban J connectivity index is 2.12. The molecule has 23 heavy (non-hydrogen) atoms. The van der Waals surface area contributed by atoms with Crippen molar-refractivity contribution in [1.82, 2.24) is 9.97 Å². The minimum Gasteiger partial charge on any atom is -0.491 e. The van der Waals surface area contributed by atoms with Crippen molar-refractivity contribution in [2.75, 3.05) is 38.0 Å². The Bertz CT molecular complexity index is 652. The van der Waals surface area contributed by atoms with E-state index in [0.717, 1.165) is 16.9 Å². The lowest BCUT2D eigenvalue weighted by atomic mass is 10.1. The summed E-state index contributed by atoms with van der Waals surface area (Å²) in [5.74, 6) is 1.48. The van der Waals surface area contributed by atoms with Gasteiger partial charge < -0.3 is 20.1 Å². The molecule has 0 unspecified atom stereocenters.